The van der Waals surface area contributed by atoms with Crippen LogP contribution in [0.3, 0.4) is 0 Å². The smallest absolute Gasteiger partial charge is 0.264 e. The highest BCUT2D eigenvalue weighted by Crippen LogP contribution is 2.34. The van der Waals surface area contributed by atoms with Gasteiger partial charge in [0.1, 0.15) is 24.7 Å². The molecule has 0 aliphatic heterocycles. The first-order valence-electron chi connectivity index (χ1n) is 12.3. The van der Waals surface area contributed by atoms with E-state index in [-0.39, 0.29) is 21.4 Å². The maximum atomic E-state index is 13.5. The van der Waals surface area contributed by atoms with Crippen molar-refractivity contribution in [2.75, 3.05) is 18.0 Å². The van der Waals surface area contributed by atoms with Gasteiger partial charge in [-0.15, -0.1) is 0 Å². The lowest BCUT2D eigenvalue weighted by Gasteiger charge is -2.25. The number of halogens is 1. The second-order valence-electron chi connectivity index (χ2n) is 8.78. The normalized spacial score (nSPS) is 11.3. The number of hydrogen-bond donors (Lipinski definition) is 1. The zero-order valence-corrected chi connectivity index (χ0v) is 23.5. The summed E-state index contributed by atoms with van der Waals surface area (Å²) in [6, 6.07) is 27.6. The molecule has 0 saturated heterocycles. The molecule has 206 valence electrons. The molecule has 0 bridgehead atoms. The Kier molecular flexibility index (Phi) is 9.42. The molecule has 0 aliphatic carbocycles. The highest BCUT2D eigenvalue weighted by Gasteiger charge is 2.29. The number of rotatable bonds is 11. The van der Waals surface area contributed by atoms with Gasteiger partial charge in [-0.1, -0.05) is 59.6 Å². The molecule has 8 nitrogen and oxygen atoms in total. The van der Waals surface area contributed by atoms with Gasteiger partial charge in [-0.05, 0) is 72.6 Å². The molecule has 0 saturated carbocycles. The molecule has 4 aromatic carbocycles. The number of amides is 1. The topological polar surface area (TPSA) is 97.3 Å². The van der Waals surface area contributed by atoms with Gasteiger partial charge in [0.15, 0.2) is 0 Å². The van der Waals surface area contributed by atoms with E-state index in [2.05, 4.69) is 10.5 Å². The molecule has 40 heavy (non-hydrogen) atoms. The minimum Gasteiger partial charge on any atom is -0.495 e. The van der Waals surface area contributed by atoms with Gasteiger partial charge in [0.25, 0.3) is 15.9 Å². The molecule has 4 rings (SSSR count). The minimum atomic E-state index is -4.14. The monoisotopic (exact) mass is 577 g/mol. The van der Waals surface area contributed by atoms with Crippen molar-refractivity contribution in [2.24, 2.45) is 5.10 Å². The van der Waals surface area contributed by atoms with Crippen LogP contribution in [0.2, 0.25) is 5.02 Å². The Morgan fingerprint density at radius 2 is 1.68 bits per heavy atom. The van der Waals surface area contributed by atoms with E-state index in [0.717, 1.165) is 9.87 Å². The number of methoxy groups -OCH3 is 1. The first-order chi connectivity index (χ1) is 19.3. The van der Waals surface area contributed by atoms with Crippen molar-refractivity contribution in [1.29, 1.82) is 0 Å². The molecule has 0 fully saturated rings. The van der Waals surface area contributed by atoms with Crippen LogP contribution >= 0.6 is 11.6 Å². The molecule has 0 aromatic heterocycles. The maximum absolute atomic E-state index is 13.5. The van der Waals surface area contributed by atoms with Gasteiger partial charge < -0.3 is 9.47 Å². The van der Waals surface area contributed by atoms with E-state index < -0.39 is 22.5 Å². The number of nitrogens with zero attached hydrogens (tertiary/aromatic N) is 2. The number of benzene rings is 4. The van der Waals surface area contributed by atoms with Gasteiger partial charge >= 0.3 is 0 Å². The number of anilines is 1. The van der Waals surface area contributed by atoms with E-state index in [0.29, 0.717) is 17.9 Å². The minimum absolute atomic E-state index is 0.0121. The summed E-state index contributed by atoms with van der Waals surface area (Å²) in [7, 11) is -2.73. The lowest BCUT2D eigenvalue weighted by atomic mass is 10.2. The summed E-state index contributed by atoms with van der Waals surface area (Å²) >= 11 is 6.16. The number of sulfonamides is 1. The van der Waals surface area contributed by atoms with Gasteiger partial charge in [-0.25, -0.2) is 13.8 Å². The van der Waals surface area contributed by atoms with Crippen LogP contribution < -0.4 is 19.2 Å². The number of carbonyl (C=O) groups is 1. The second-order valence-corrected chi connectivity index (χ2v) is 11.1. The van der Waals surface area contributed by atoms with E-state index in [1.165, 1.54) is 43.2 Å². The fraction of sp³-hybridized carbons (Fsp3) is 0.133. The van der Waals surface area contributed by atoms with Crippen LogP contribution in [0, 0.1) is 6.92 Å². The second kappa shape index (κ2) is 13.1. The van der Waals surface area contributed by atoms with E-state index in [9.17, 15) is 13.2 Å². The Morgan fingerprint density at radius 1 is 0.975 bits per heavy atom. The standard InChI is InChI=1S/C30H28ClN3O5S/c1-22-8-10-24(11-9-22)21-39-26-15-12-23(13-16-26)19-32-33-30(35)20-34(28-18-25(31)14-17-29(28)38-2)40(36,37)27-6-4-3-5-7-27/h3-19H,20-21H2,1-2H3,(H,33,35)/b32-19-. The molecule has 10 heteroatoms. The largest absolute Gasteiger partial charge is 0.495 e. The molecule has 0 aliphatic rings. The Balaban J connectivity index is 1.44. The molecule has 0 spiro atoms. The van der Waals surface area contributed by atoms with Crippen LogP contribution in [0.5, 0.6) is 11.5 Å². The third-order valence-corrected chi connectivity index (χ3v) is 7.85. The Morgan fingerprint density at radius 3 is 2.35 bits per heavy atom. The summed E-state index contributed by atoms with van der Waals surface area (Å²) < 4.78 is 39.2. The fourth-order valence-corrected chi connectivity index (χ4v) is 5.33. The lowest BCUT2D eigenvalue weighted by Crippen LogP contribution is -2.39. The SMILES string of the molecule is COc1ccc(Cl)cc1N(CC(=O)N/N=C\c1ccc(OCc2ccc(C)cc2)cc1)S(=O)(=O)c1ccccc1. The van der Waals surface area contributed by atoms with Crippen LogP contribution in [0.1, 0.15) is 16.7 Å². The van der Waals surface area contributed by atoms with Crippen LogP contribution in [0.25, 0.3) is 0 Å². The molecule has 0 heterocycles. The van der Waals surface area contributed by atoms with Gasteiger partial charge in [-0.3, -0.25) is 9.10 Å². The van der Waals surface area contributed by atoms with Crippen LogP contribution in [-0.4, -0.2) is 34.2 Å². The predicted octanol–water partition coefficient (Wildman–Crippen LogP) is 5.58. The van der Waals surface area contributed by atoms with Gasteiger partial charge in [0.2, 0.25) is 0 Å². The van der Waals surface area contributed by atoms with Crippen LogP contribution in [-0.2, 0) is 21.4 Å². The molecular formula is C30H28ClN3O5S. The molecule has 0 radical (unpaired) electrons. The number of ether oxygens (including phenoxy) is 2. The summed E-state index contributed by atoms with van der Waals surface area (Å²) in [5, 5.41) is 4.28. The summed E-state index contributed by atoms with van der Waals surface area (Å²) in [6.07, 6.45) is 1.46. The summed E-state index contributed by atoms with van der Waals surface area (Å²) in [5.74, 6) is 0.278. The number of hydrogen-bond acceptors (Lipinski definition) is 6. The summed E-state index contributed by atoms with van der Waals surface area (Å²) in [5.41, 5.74) is 5.49. The quantitative estimate of drug-likeness (QED) is 0.185. The van der Waals surface area contributed by atoms with Gasteiger partial charge in [0.05, 0.1) is 23.9 Å². The number of hydrazone groups is 1. The Bertz CT molecular complexity index is 1580. The summed E-state index contributed by atoms with van der Waals surface area (Å²) in [6.45, 7) is 1.92. The van der Waals surface area contributed by atoms with Crippen LogP contribution in [0.15, 0.2) is 107 Å². The number of carbonyl (C=O) groups excluding carboxylic acids is 1. The summed E-state index contributed by atoms with van der Waals surface area (Å²) in [4.78, 5) is 12.9. The van der Waals surface area contributed by atoms with Gasteiger partial charge in [0, 0.05) is 5.02 Å². The fourth-order valence-electron chi connectivity index (χ4n) is 3.72. The lowest BCUT2D eigenvalue weighted by molar-refractivity contribution is -0.119. The van der Waals surface area contributed by atoms with Crippen molar-refractivity contribution in [3.8, 4) is 11.5 Å². The van der Waals surface area contributed by atoms with Crippen molar-refractivity contribution < 1.29 is 22.7 Å². The van der Waals surface area contributed by atoms with Crippen molar-refractivity contribution in [1.82, 2.24) is 5.43 Å². The van der Waals surface area contributed by atoms with Crippen molar-refractivity contribution >= 4 is 39.4 Å². The third-order valence-electron chi connectivity index (χ3n) is 5.84. The van der Waals surface area contributed by atoms with Crippen molar-refractivity contribution in [3.63, 3.8) is 0 Å². The van der Waals surface area contributed by atoms with Crippen LogP contribution in [0.4, 0.5) is 5.69 Å². The van der Waals surface area contributed by atoms with E-state index in [4.69, 9.17) is 21.1 Å². The number of aryl methyl sites for hydroxylation is 1. The number of nitrogens with one attached hydrogen (secondary N) is 1. The molecular weight excluding hydrogens is 550 g/mol. The molecule has 4 aromatic rings. The zero-order valence-electron chi connectivity index (χ0n) is 22.0. The van der Waals surface area contributed by atoms with Gasteiger partial charge in [-0.2, -0.15) is 5.10 Å². The van der Waals surface area contributed by atoms with E-state index in [1.807, 2.05) is 31.2 Å². The molecule has 1 amide bonds. The molecule has 0 unspecified atom stereocenters. The molecule has 0 atom stereocenters. The first kappa shape index (κ1) is 28.7. The predicted molar refractivity (Wildman–Crippen MR) is 157 cm³/mol. The third kappa shape index (κ3) is 7.40. The molecule has 1 N–H and O–H groups in total. The average molecular weight is 578 g/mol. The maximum Gasteiger partial charge on any atom is 0.264 e. The first-order valence-corrected chi connectivity index (χ1v) is 14.1. The van der Waals surface area contributed by atoms with E-state index in [1.54, 1.807) is 48.5 Å². The Labute approximate surface area is 238 Å². The van der Waals surface area contributed by atoms with Crippen molar-refractivity contribution in [2.45, 2.75) is 18.4 Å². The van der Waals surface area contributed by atoms with Crippen molar-refractivity contribution in [3.05, 3.63) is 119 Å². The highest BCUT2D eigenvalue weighted by molar-refractivity contribution is 7.92. The average Bonchev–Trinajstić information content (AvgIpc) is 2.96. The van der Waals surface area contributed by atoms with E-state index >= 15 is 0 Å². The zero-order chi connectivity index (χ0) is 28.5. The Hall–Kier alpha value is -4.34. The highest BCUT2D eigenvalue weighted by atomic mass is 35.5.